The first-order valence-corrected chi connectivity index (χ1v) is 14.7. The highest BCUT2D eigenvalue weighted by Crippen LogP contribution is 2.29. The number of H-pyrrole nitrogens is 1. The minimum atomic E-state index is -0.205. The molecular weight excluding hydrogens is 540 g/mol. The van der Waals surface area contributed by atoms with E-state index in [9.17, 15) is 4.79 Å². The summed E-state index contributed by atoms with van der Waals surface area (Å²) in [6.45, 7) is 7.60. The van der Waals surface area contributed by atoms with Crippen molar-refractivity contribution in [2.75, 3.05) is 49.6 Å². The first kappa shape index (κ1) is 27.0. The van der Waals surface area contributed by atoms with Gasteiger partial charge in [-0.25, -0.2) is 15.0 Å². The van der Waals surface area contributed by atoms with E-state index in [4.69, 9.17) is 4.74 Å². The van der Waals surface area contributed by atoms with Gasteiger partial charge >= 0.3 is 0 Å². The number of carbonyl (C=O) groups excluding carboxylic acids is 1. The number of amides is 1. The van der Waals surface area contributed by atoms with Crippen molar-refractivity contribution in [3.63, 3.8) is 0 Å². The van der Waals surface area contributed by atoms with E-state index in [0.29, 0.717) is 17.3 Å². The molecule has 2 N–H and O–H groups in total. The van der Waals surface area contributed by atoms with Crippen molar-refractivity contribution in [3.8, 4) is 11.8 Å². The molecule has 5 aromatic rings. The third-order valence-corrected chi connectivity index (χ3v) is 8.33. The molecular formula is C33H32N8O2. The third kappa shape index (κ3) is 5.78. The lowest BCUT2D eigenvalue weighted by atomic mass is 10.0. The lowest BCUT2D eigenvalue weighted by Gasteiger charge is -2.40. The second kappa shape index (κ2) is 11.8. The molecule has 0 spiro atoms. The largest absolute Gasteiger partial charge is 0.379 e. The van der Waals surface area contributed by atoms with E-state index in [-0.39, 0.29) is 5.91 Å². The average molecular weight is 573 g/mol. The maximum absolute atomic E-state index is 13.2. The Hall–Kier alpha value is -4.85. The van der Waals surface area contributed by atoms with E-state index in [1.165, 1.54) is 0 Å². The fourth-order valence-electron chi connectivity index (χ4n) is 5.90. The topological polar surface area (TPSA) is 112 Å². The molecule has 10 heteroatoms. The van der Waals surface area contributed by atoms with Crippen molar-refractivity contribution in [1.82, 2.24) is 30.0 Å². The van der Waals surface area contributed by atoms with Crippen LogP contribution in [0.2, 0.25) is 0 Å². The first-order valence-electron chi connectivity index (χ1n) is 14.7. The number of morpholine rings is 1. The van der Waals surface area contributed by atoms with Crippen molar-refractivity contribution < 1.29 is 9.53 Å². The van der Waals surface area contributed by atoms with Crippen LogP contribution in [0.15, 0.2) is 61.2 Å². The van der Waals surface area contributed by atoms with Gasteiger partial charge in [-0.3, -0.25) is 14.8 Å². The Labute approximate surface area is 249 Å². The summed E-state index contributed by atoms with van der Waals surface area (Å²) in [6, 6.07) is 13.9. The van der Waals surface area contributed by atoms with Crippen molar-refractivity contribution >= 4 is 39.3 Å². The number of ether oxygens (including phenoxy) is 1. The summed E-state index contributed by atoms with van der Waals surface area (Å²) in [5.74, 6) is 7.10. The molecule has 0 bridgehead atoms. The van der Waals surface area contributed by atoms with Crippen LogP contribution in [0, 0.1) is 18.8 Å². The van der Waals surface area contributed by atoms with Gasteiger partial charge in [0.15, 0.2) is 5.65 Å². The number of pyridine rings is 1. The number of benzene rings is 2. The minimum absolute atomic E-state index is 0.205. The smallest absolute Gasteiger partial charge is 0.255 e. The highest BCUT2D eigenvalue weighted by atomic mass is 16.5. The molecule has 2 fully saturated rings. The number of aryl methyl sites for hydroxylation is 1. The molecule has 0 unspecified atom stereocenters. The Morgan fingerprint density at radius 1 is 0.977 bits per heavy atom. The van der Waals surface area contributed by atoms with Gasteiger partial charge in [0.1, 0.15) is 12.1 Å². The SMILES string of the molecule is Cc1ccc(C(=O)Nc2ccc3c(N4CCC(N5CCOCC5)CC4)ncnc3c2)cc1C#Cc1cnc2[nH]ncc2c1. The van der Waals surface area contributed by atoms with Gasteiger partial charge in [-0.1, -0.05) is 17.9 Å². The molecule has 0 radical (unpaired) electrons. The lowest BCUT2D eigenvalue weighted by molar-refractivity contribution is 0.0115. The van der Waals surface area contributed by atoms with Gasteiger partial charge in [-0.15, -0.1) is 0 Å². The summed E-state index contributed by atoms with van der Waals surface area (Å²) in [5.41, 5.74) is 5.30. The predicted molar refractivity (Wildman–Crippen MR) is 166 cm³/mol. The number of piperidine rings is 1. The molecule has 0 aliphatic carbocycles. The Morgan fingerprint density at radius 2 is 1.84 bits per heavy atom. The Kier molecular flexibility index (Phi) is 7.41. The second-order valence-electron chi connectivity index (χ2n) is 11.1. The summed E-state index contributed by atoms with van der Waals surface area (Å²) in [4.78, 5) is 31.7. The van der Waals surface area contributed by atoms with E-state index < -0.39 is 0 Å². The molecule has 2 aliphatic rings. The fourth-order valence-corrected chi connectivity index (χ4v) is 5.90. The lowest BCUT2D eigenvalue weighted by Crippen LogP contribution is -2.49. The normalized spacial score (nSPS) is 16.3. The summed E-state index contributed by atoms with van der Waals surface area (Å²) >= 11 is 0. The number of aromatic amines is 1. The summed E-state index contributed by atoms with van der Waals surface area (Å²) < 4.78 is 5.53. The van der Waals surface area contributed by atoms with E-state index in [2.05, 4.69) is 52.1 Å². The number of anilines is 2. The maximum atomic E-state index is 13.2. The molecule has 43 heavy (non-hydrogen) atoms. The Balaban J connectivity index is 1.05. The van der Waals surface area contributed by atoms with Gasteiger partial charge in [-0.05, 0) is 61.7 Å². The molecule has 2 aliphatic heterocycles. The average Bonchev–Trinajstić information content (AvgIpc) is 3.53. The fraction of sp³-hybridized carbons (Fsp3) is 0.303. The van der Waals surface area contributed by atoms with Crippen molar-refractivity contribution in [2.45, 2.75) is 25.8 Å². The number of aromatic nitrogens is 5. The molecule has 3 aromatic heterocycles. The van der Waals surface area contributed by atoms with Crippen LogP contribution in [-0.2, 0) is 4.74 Å². The zero-order valence-corrected chi connectivity index (χ0v) is 24.0. The highest BCUT2D eigenvalue weighted by Gasteiger charge is 2.27. The van der Waals surface area contributed by atoms with Gasteiger partial charge in [0.2, 0.25) is 0 Å². The number of hydrogen-bond donors (Lipinski definition) is 2. The number of nitrogens with zero attached hydrogens (tertiary/aromatic N) is 6. The standard InChI is InChI=1S/C33H32N8O2/c1-22-2-4-25(17-24(22)5-3-23-16-26-20-37-39-31(26)34-19-23)33(42)38-27-6-7-29-30(18-27)35-21-36-32(29)41-10-8-28(9-11-41)40-12-14-43-15-13-40/h2,4,6-7,16-21,28H,8-15H2,1H3,(H,38,42)(H,34,37,39). The van der Waals surface area contributed by atoms with Crippen molar-refractivity contribution in [1.29, 1.82) is 0 Å². The monoisotopic (exact) mass is 572 g/mol. The van der Waals surface area contributed by atoms with Crippen molar-refractivity contribution in [3.05, 3.63) is 83.4 Å². The molecule has 10 nitrogen and oxygen atoms in total. The van der Waals surface area contributed by atoms with Crippen LogP contribution >= 0.6 is 0 Å². The van der Waals surface area contributed by atoms with Crippen LogP contribution in [0.25, 0.3) is 21.9 Å². The van der Waals surface area contributed by atoms with Crippen LogP contribution in [0.3, 0.4) is 0 Å². The number of carbonyl (C=O) groups is 1. The molecule has 216 valence electrons. The van der Waals surface area contributed by atoms with Crippen LogP contribution in [0.5, 0.6) is 0 Å². The van der Waals surface area contributed by atoms with Crippen LogP contribution in [-0.4, -0.2) is 81.4 Å². The summed E-state index contributed by atoms with van der Waals surface area (Å²) in [6.07, 6.45) is 7.26. The van der Waals surface area contributed by atoms with Gasteiger partial charge in [-0.2, -0.15) is 5.10 Å². The Morgan fingerprint density at radius 3 is 2.70 bits per heavy atom. The summed E-state index contributed by atoms with van der Waals surface area (Å²) in [7, 11) is 0. The molecule has 7 rings (SSSR count). The number of nitrogens with one attached hydrogen (secondary N) is 2. The van der Waals surface area contributed by atoms with Crippen molar-refractivity contribution in [2.24, 2.45) is 0 Å². The van der Waals surface area contributed by atoms with Crippen LogP contribution in [0.4, 0.5) is 11.5 Å². The minimum Gasteiger partial charge on any atom is -0.379 e. The maximum Gasteiger partial charge on any atom is 0.255 e. The first-order chi connectivity index (χ1) is 21.1. The molecule has 0 atom stereocenters. The molecule has 2 saturated heterocycles. The third-order valence-electron chi connectivity index (χ3n) is 8.33. The summed E-state index contributed by atoms with van der Waals surface area (Å²) in [5, 5.41) is 11.8. The van der Waals surface area contributed by atoms with Gasteiger partial charge < -0.3 is 15.0 Å². The molecule has 5 heterocycles. The second-order valence-corrected chi connectivity index (χ2v) is 11.1. The van der Waals surface area contributed by atoms with Crippen LogP contribution < -0.4 is 10.2 Å². The molecule has 2 aromatic carbocycles. The number of hydrogen-bond acceptors (Lipinski definition) is 8. The van der Waals surface area contributed by atoms with E-state index in [1.807, 2.05) is 49.4 Å². The molecule has 1 amide bonds. The quantitative estimate of drug-likeness (QED) is 0.309. The van der Waals surface area contributed by atoms with E-state index >= 15 is 0 Å². The van der Waals surface area contributed by atoms with Gasteiger partial charge in [0, 0.05) is 71.6 Å². The predicted octanol–water partition coefficient (Wildman–Crippen LogP) is 4.16. The van der Waals surface area contributed by atoms with Gasteiger partial charge in [0.05, 0.1) is 24.9 Å². The van der Waals surface area contributed by atoms with E-state index in [0.717, 1.165) is 96.7 Å². The zero-order chi connectivity index (χ0) is 29.2. The number of fused-ring (bicyclic) bond motifs is 2. The van der Waals surface area contributed by atoms with Crippen LogP contribution in [0.1, 0.15) is 39.9 Å². The molecule has 0 saturated carbocycles. The number of rotatable bonds is 4. The zero-order valence-electron chi connectivity index (χ0n) is 24.0. The Bertz CT molecular complexity index is 1860. The van der Waals surface area contributed by atoms with E-state index in [1.54, 1.807) is 18.7 Å². The van der Waals surface area contributed by atoms with Gasteiger partial charge in [0.25, 0.3) is 5.91 Å². The highest BCUT2D eigenvalue weighted by molar-refractivity contribution is 6.05.